The normalized spacial score (nSPS) is 20.2. The van der Waals surface area contributed by atoms with Gasteiger partial charge in [0.2, 0.25) is 5.91 Å². The number of hydrogen-bond donors (Lipinski definition) is 3. The lowest BCUT2D eigenvalue weighted by Gasteiger charge is -2.32. The van der Waals surface area contributed by atoms with Gasteiger partial charge in [0.15, 0.2) is 5.96 Å². The van der Waals surface area contributed by atoms with Gasteiger partial charge in [-0.25, -0.2) is 0 Å². The number of aliphatic imine (C=N–C) groups is 1. The molecule has 2 aliphatic rings. The summed E-state index contributed by atoms with van der Waals surface area (Å²) in [6.07, 6.45) is 7.44. The van der Waals surface area contributed by atoms with E-state index in [2.05, 4.69) is 34.4 Å². The maximum atomic E-state index is 11.0. The van der Waals surface area contributed by atoms with E-state index < -0.39 is 0 Å². The van der Waals surface area contributed by atoms with E-state index in [0.717, 1.165) is 57.6 Å². The van der Waals surface area contributed by atoms with Crippen molar-refractivity contribution in [1.29, 1.82) is 0 Å². The Morgan fingerprint density at radius 3 is 2.46 bits per heavy atom. The van der Waals surface area contributed by atoms with E-state index in [1.807, 2.05) is 0 Å². The molecule has 1 saturated carbocycles. The van der Waals surface area contributed by atoms with Crippen molar-refractivity contribution in [3.05, 3.63) is 0 Å². The molecule has 0 unspecified atom stereocenters. The van der Waals surface area contributed by atoms with Crippen LogP contribution >= 0.6 is 24.0 Å². The topological polar surface area (TPSA) is 86.0 Å². The monoisotopic (exact) mass is 480 g/mol. The number of nitrogens with zero attached hydrogens (tertiary/aromatic N) is 3. The highest BCUT2D eigenvalue weighted by atomic mass is 127. The molecule has 8 heteroatoms. The molecule has 0 aromatic rings. The smallest absolute Gasteiger partial charge is 0.231 e. The predicted molar refractivity (Wildman–Crippen MR) is 118 cm³/mol. The first-order valence-electron chi connectivity index (χ1n) is 9.84. The average molecular weight is 480 g/mol. The molecule has 0 atom stereocenters. The van der Waals surface area contributed by atoms with Crippen molar-refractivity contribution < 1.29 is 4.79 Å². The van der Waals surface area contributed by atoms with Crippen LogP contribution in [0.25, 0.3) is 0 Å². The lowest BCUT2D eigenvalue weighted by Crippen LogP contribution is -2.50. The minimum atomic E-state index is -0.243. The fraction of sp³-hybridized carbons (Fsp3) is 0.889. The number of piperidine rings is 1. The maximum Gasteiger partial charge on any atom is 0.231 e. The van der Waals surface area contributed by atoms with E-state index in [0.29, 0.717) is 12.6 Å². The highest BCUT2D eigenvalue weighted by Crippen LogP contribution is 2.21. The number of guanidine groups is 1. The van der Waals surface area contributed by atoms with Crippen molar-refractivity contribution >= 4 is 35.8 Å². The summed E-state index contributed by atoms with van der Waals surface area (Å²) in [6.45, 7) is 6.98. The highest BCUT2D eigenvalue weighted by molar-refractivity contribution is 14.0. The SMILES string of the molecule is CCNC(=NCCN(C)C1CCCC1)NC1CCN(CC(N)=O)CC1.I. The number of likely N-dealkylation sites (tertiary alicyclic amines) is 1. The second kappa shape index (κ2) is 12.7. The molecule has 0 aromatic carbocycles. The number of carbonyl (C=O) groups excluding carboxylic acids is 1. The molecule has 0 spiro atoms. The second-order valence-electron chi connectivity index (χ2n) is 7.34. The molecule has 2 fully saturated rings. The third kappa shape index (κ3) is 8.39. The minimum absolute atomic E-state index is 0. The summed E-state index contributed by atoms with van der Waals surface area (Å²) < 4.78 is 0. The van der Waals surface area contributed by atoms with Gasteiger partial charge in [0.1, 0.15) is 0 Å². The molecule has 1 amide bonds. The number of likely N-dealkylation sites (N-methyl/N-ethyl adjacent to an activating group) is 1. The van der Waals surface area contributed by atoms with Crippen molar-refractivity contribution in [3.63, 3.8) is 0 Å². The Bertz CT molecular complexity index is 433. The number of halogens is 1. The first-order chi connectivity index (χ1) is 12.1. The third-order valence-electron chi connectivity index (χ3n) is 5.32. The molecule has 7 nitrogen and oxygen atoms in total. The van der Waals surface area contributed by atoms with Crippen LogP contribution < -0.4 is 16.4 Å². The zero-order valence-electron chi connectivity index (χ0n) is 16.4. The Morgan fingerprint density at radius 1 is 1.23 bits per heavy atom. The molecule has 0 bridgehead atoms. The summed E-state index contributed by atoms with van der Waals surface area (Å²) in [6, 6.07) is 1.16. The van der Waals surface area contributed by atoms with Gasteiger partial charge in [-0.15, -0.1) is 24.0 Å². The number of nitrogens with two attached hydrogens (primary N) is 1. The van der Waals surface area contributed by atoms with Crippen molar-refractivity contribution in [3.8, 4) is 0 Å². The Balaban J connectivity index is 0.00000338. The predicted octanol–water partition coefficient (Wildman–Crippen LogP) is 0.984. The number of primary amides is 1. The molecule has 4 N–H and O–H groups in total. The Hall–Kier alpha value is -0.610. The van der Waals surface area contributed by atoms with Gasteiger partial charge >= 0.3 is 0 Å². The van der Waals surface area contributed by atoms with Gasteiger partial charge in [0, 0.05) is 38.3 Å². The molecule has 1 aliphatic carbocycles. The standard InChI is InChI=1S/C18H36N6O.HI/c1-3-20-18(21-10-13-23(2)16-6-4-5-7-16)22-15-8-11-24(12-9-15)14-17(19)25;/h15-16H,3-14H2,1-2H3,(H2,19,25)(H2,20,21,22);1H. The lowest BCUT2D eigenvalue weighted by molar-refractivity contribution is -0.119. The largest absolute Gasteiger partial charge is 0.369 e. The van der Waals surface area contributed by atoms with E-state index >= 15 is 0 Å². The van der Waals surface area contributed by atoms with Crippen LogP contribution in [0.4, 0.5) is 0 Å². The number of hydrogen-bond acceptors (Lipinski definition) is 4. The first kappa shape index (κ1) is 23.4. The van der Waals surface area contributed by atoms with Gasteiger partial charge in [-0.3, -0.25) is 14.7 Å². The van der Waals surface area contributed by atoms with Crippen LogP contribution in [0, 0.1) is 0 Å². The summed E-state index contributed by atoms with van der Waals surface area (Å²) >= 11 is 0. The Kier molecular flexibility index (Phi) is 11.5. The molecular formula is C18H37IN6O. The molecule has 1 aliphatic heterocycles. The molecule has 1 heterocycles. The van der Waals surface area contributed by atoms with Gasteiger partial charge in [-0.1, -0.05) is 12.8 Å². The van der Waals surface area contributed by atoms with Crippen molar-refractivity contribution in [2.24, 2.45) is 10.7 Å². The highest BCUT2D eigenvalue weighted by Gasteiger charge is 2.21. The van der Waals surface area contributed by atoms with Gasteiger partial charge in [0.25, 0.3) is 0 Å². The third-order valence-corrected chi connectivity index (χ3v) is 5.32. The first-order valence-corrected chi connectivity index (χ1v) is 9.84. The second-order valence-corrected chi connectivity index (χ2v) is 7.34. The lowest BCUT2D eigenvalue weighted by atomic mass is 10.1. The van der Waals surface area contributed by atoms with Crippen molar-refractivity contribution in [1.82, 2.24) is 20.4 Å². The summed E-state index contributed by atoms with van der Waals surface area (Å²) in [7, 11) is 2.22. The zero-order chi connectivity index (χ0) is 18.1. The number of nitrogens with one attached hydrogen (secondary N) is 2. The Labute approximate surface area is 175 Å². The van der Waals surface area contributed by atoms with Gasteiger partial charge < -0.3 is 21.3 Å². The molecule has 152 valence electrons. The summed E-state index contributed by atoms with van der Waals surface area (Å²) in [5.74, 6) is 0.670. The van der Waals surface area contributed by atoms with Crippen LogP contribution in [0.5, 0.6) is 0 Å². The minimum Gasteiger partial charge on any atom is -0.369 e. The van der Waals surface area contributed by atoms with Crippen LogP contribution in [0.1, 0.15) is 45.4 Å². The quantitative estimate of drug-likeness (QED) is 0.274. The summed E-state index contributed by atoms with van der Waals surface area (Å²) in [5, 5.41) is 6.90. The molecular weight excluding hydrogens is 443 g/mol. The molecule has 26 heavy (non-hydrogen) atoms. The van der Waals surface area contributed by atoms with E-state index in [1.165, 1.54) is 25.7 Å². The van der Waals surface area contributed by atoms with E-state index in [9.17, 15) is 4.79 Å². The number of amides is 1. The van der Waals surface area contributed by atoms with Crippen molar-refractivity contribution in [2.45, 2.75) is 57.5 Å². The van der Waals surface area contributed by atoms with Crippen LogP contribution in [-0.2, 0) is 4.79 Å². The Morgan fingerprint density at radius 2 is 1.88 bits per heavy atom. The summed E-state index contributed by atoms with van der Waals surface area (Å²) in [4.78, 5) is 20.4. The molecule has 2 rings (SSSR count). The van der Waals surface area contributed by atoms with Crippen LogP contribution in [0.15, 0.2) is 4.99 Å². The van der Waals surface area contributed by atoms with Gasteiger partial charge in [0.05, 0.1) is 13.1 Å². The van der Waals surface area contributed by atoms with Gasteiger partial charge in [-0.05, 0) is 39.7 Å². The fourth-order valence-corrected chi connectivity index (χ4v) is 3.82. The van der Waals surface area contributed by atoms with Crippen LogP contribution in [-0.4, -0.2) is 80.1 Å². The van der Waals surface area contributed by atoms with E-state index in [1.54, 1.807) is 0 Å². The molecule has 0 radical (unpaired) electrons. The van der Waals surface area contributed by atoms with Crippen molar-refractivity contribution in [2.75, 3.05) is 46.3 Å². The summed E-state index contributed by atoms with van der Waals surface area (Å²) in [5.41, 5.74) is 5.27. The maximum absolute atomic E-state index is 11.0. The van der Waals surface area contributed by atoms with Crippen LogP contribution in [0.3, 0.4) is 0 Å². The number of rotatable bonds is 8. The van der Waals surface area contributed by atoms with Gasteiger partial charge in [-0.2, -0.15) is 0 Å². The molecule has 1 saturated heterocycles. The molecule has 0 aromatic heterocycles. The average Bonchev–Trinajstić information content (AvgIpc) is 3.11. The van der Waals surface area contributed by atoms with Crippen LogP contribution in [0.2, 0.25) is 0 Å². The van der Waals surface area contributed by atoms with E-state index in [4.69, 9.17) is 10.7 Å². The zero-order valence-corrected chi connectivity index (χ0v) is 18.7. The van der Waals surface area contributed by atoms with E-state index in [-0.39, 0.29) is 29.9 Å². The fourth-order valence-electron chi connectivity index (χ4n) is 3.82. The number of carbonyl (C=O) groups is 1.